The van der Waals surface area contributed by atoms with Gasteiger partial charge in [0.25, 0.3) is 0 Å². The molecule has 5 heteroatoms. The predicted octanol–water partition coefficient (Wildman–Crippen LogP) is 2.95. The molecule has 0 aromatic carbocycles. The number of hydrogen-bond acceptors (Lipinski definition) is 4. The Morgan fingerprint density at radius 1 is 1.53 bits per heavy atom. The Morgan fingerprint density at radius 2 is 2.35 bits per heavy atom. The maximum absolute atomic E-state index is 5.64. The first-order valence-electron chi connectivity index (χ1n) is 5.22. The van der Waals surface area contributed by atoms with E-state index in [1.807, 2.05) is 12.1 Å². The third kappa shape index (κ3) is 2.81. The molecule has 0 bridgehead atoms. The first-order valence-corrected chi connectivity index (χ1v) is 6.57. The number of aromatic nitrogens is 1. The number of hydrogen-bond donors (Lipinski definition) is 2. The number of nitrogens with two attached hydrogens (primary N) is 1. The van der Waals surface area contributed by atoms with Crippen LogP contribution in [0.1, 0.15) is 24.2 Å². The molecule has 3 nitrogen and oxygen atoms in total. The Balaban J connectivity index is 2.21. The van der Waals surface area contributed by atoms with Gasteiger partial charge in [0.2, 0.25) is 0 Å². The second kappa shape index (κ2) is 5.25. The van der Waals surface area contributed by atoms with E-state index in [4.69, 9.17) is 18.0 Å². The fourth-order valence-corrected chi connectivity index (χ4v) is 2.47. The predicted molar refractivity (Wildman–Crippen MR) is 76.5 cm³/mol. The van der Waals surface area contributed by atoms with Crippen LogP contribution in [0.25, 0.3) is 0 Å². The minimum Gasteiger partial charge on any atom is -0.388 e. The van der Waals surface area contributed by atoms with E-state index in [2.05, 4.69) is 34.1 Å². The van der Waals surface area contributed by atoms with Crippen molar-refractivity contribution in [2.75, 3.05) is 5.32 Å². The van der Waals surface area contributed by atoms with Crippen LogP contribution in [-0.2, 0) is 0 Å². The van der Waals surface area contributed by atoms with E-state index < -0.39 is 0 Å². The van der Waals surface area contributed by atoms with Crippen LogP contribution in [-0.4, -0.2) is 9.97 Å². The van der Waals surface area contributed by atoms with Gasteiger partial charge < -0.3 is 11.1 Å². The molecule has 0 saturated carbocycles. The van der Waals surface area contributed by atoms with Crippen molar-refractivity contribution in [3.63, 3.8) is 0 Å². The zero-order valence-corrected chi connectivity index (χ0v) is 11.0. The summed E-state index contributed by atoms with van der Waals surface area (Å²) in [5.41, 5.74) is 8.40. The summed E-state index contributed by atoms with van der Waals surface area (Å²) < 4.78 is 0. The van der Waals surface area contributed by atoms with Crippen molar-refractivity contribution >= 4 is 34.2 Å². The zero-order valence-electron chi connectivity index (χ0n) is 9.38. The Bertz CT molecular complexity index is 508. The molecular weight excluding hydrogens is 250 g/mol. The van der Waals surface area contributed by atoms with Gasteiger partial charge in [-0.1, -0.05) is 12.2 Å². The molecule has 0 aliphatic carbocycles. The van der Waals surface area contributed by atoms with E-state index in [0.717, 1.165) is 5.69 Å². The van der Waals surface area contributed by atoms with Crippen molar-refractivity contribution in [1.29, 1.82) is 0 Å². The van der Waals surface area contributed by atoms with Gasteiger partial charge in [-0.25, -0.2) is 0 Å². The van der Waals surface area contributed by atoms with Gasteiger partial charge in [-0.15, -0.1) is 0 Å². The minimum absolute atomic E-state index is 0.207. The van der Waals surface area contributed by atoms with Crippen LogP contribution in [0.5, 0.6) is 0 Å². The molecule has 2 aromatic heterocycles. The van der Waals surface area contributed by atoms with Crippen molar-refractivity contribution in [2.24, 2.45) is 5.73 Å². The highest BCUT2D eigenvalue weighted by Crippen LogP contribution is 2.22. The fourth-order valence-electron chi connectivity index (χ4n) is 1.56. The highest BCUT2D eigenvalue weighted by Gasteiger charge is 2.10. The monoisotopic (exact) mass is 263 g/mol. The molecule has 2 aromatic rings. The average Bonchev–Trinajstić information content (AvgIpc) is 2.83. The van der Waals surface area contributed by atoms with E-state index in [9.17, 15) is 0 Å². The average molecular weight is 263 g/mol. The third-order valence-electron chi connectivity index (χ3n) is 2.46. The van der Waals surface area contributed by atoms with Gasteiger partial charge in [0.15, 0.2) is 0 Å². The normalized spacial score (nSPS) is 12.1. The number of thiocarbonyl (C=S) groups is 1. The summed E-state index contributed by atoms with van der Waals surface area (Å²) in [6.07, 6.45) is 1.69. The molecule has 1 atom stereocenters. The third-order valence-corrected chi connectivity index (χ3v) is 3.35. The molecule has 0 amide bonds. The van der Waals surface area contributed by atoms with Gasteiger partial charge >= 0.3 is 0 Å². The van der Waals surface area contributed by atoms with E-state index >= 15 is 0 Å². The van der Waals surface area contributed by atoms with Gasteiger partial charge in [0, 0.05) is 12.2 Å². The molecule has 0 saturated heterocycles. The van der Waals surface area contributed by atoms with Crippen LogP contribution in [0.3, 0.4) is 0 Å². The molecule has 0 fully saturated rings. The molecule has 17 heavy (non-hydrogen) atoms. The van der Waals surface area contributed by atoms with Crippen LogP contribution < -0.4 is 11.1 Å². The van der Waals surface area contributed by atoms with Gasteiger partial charge in [0.1, 0.15) is 10.7 Å². The van der Waals surface area contributed by atoms with Crippen LogP contribution in [0.2, 0.25) is 0 Å². The Labute approximate surface area is 110 Å². The first-order chi connectivity index (χ1) is 8.18. The molecule has 3 N–H and O–H groups in total. The molecule has 88 valence electrons. The molecule has 2 rings (SSSR count). The Morgan fingerprint density at radius 3 is 3.00 bits per heavy atom. The number of pyridine rings is 1. The van der Waals surface area contributed by atoms with E-state index in [1.54, 1.807) is 17.5 Å². The highest BCUT2D eigenvalue weighted by molar-refractivity contribution is 7.80. The minimum atomic E-state index is 0.207. The summed E-state index contributed by atoms with van der Waals surface area (Å²) in [7, 11) is 0. The van der Waals surface area contributed by atoms with Crippen LogP contribution >= 0.6 is 23.6 Å². The first kappa shape index (κ1) is 12.0. The summed E-state index contributed by atoms with van der Waals surface area (Å²) >= 11 is 6.66. The quantitative estimate of drug-likeness (QED) is 0.833. The topological polar surface area (TPSA) is 50.9 Å². The van der Waals surface area contributed by atoms with Gasteiger partial charge in [0.05, 0.1) is 5.69 Å². The zero-order chi connectivity index (χ0) is 12.3. The summed E-state index contributed by atoms with van der Waals surface area (Å²) in [5, 5.41) is 7.55. The lowest BCUT2D eigenvalue weighted by atomic mass is 10.1. The molecular formula is C12H13N3S2. The highest BCUT2D eigenvalue weighted by atomic mass is 32.1. The van der Waals surface area contributed by atoms with Crippen LogP contribution in [0.15, 0.2) is 35.2 Å². The number of rotatable bonds is 4. The summed E-state index contributed by atoms with van der Waals surface area (Å²) in [6.45, 7) is 2.10. The van der Waals surface area contributed by atoms with E-state index in [0.29, 0.717) is 10.7 Å². The van der Waals surface area contributed by atoms with Crippen LogP contribution in [0.4, 0.5) is 5.69 Å². The second-order valence-electron chi connectivity index (χ2n) is 3.69. The molecule has 0 radical (unpaired) electrons. The lowest BCUT2D eigenvalue weighted by molar-refractivity contribution is 0.888. The number of nitrogens with zero attached hydrogens (tertiary/aromatic N) is 1. The van der Waals surface area contributed by atoms with Crippen molar-refractivity contribution < 1.29 is 0 Å². The lowest BCUT2D eigenvalue weighted by Gasteiger charge is -2.16. The molecule has 1 unspecified atom stereocenters. The van der Waals surface area contributed by atoms with Crippen molar-refractivity contribution in [1.82, 2.24) is 4.98 Å². The molecule has 0 spiro atoms. The maximum atomic E-state index is 5.64. The number of nitrogens with one attached hydrogen (secondary N) is 1. The summed E-state index contributed by atoms with van der Waals surface area (Å²) in [4.78, 5) is 4.50. The SMILES string of the molecule is CC(Nc1cccnc1C(N)=S)c1ccsc1. The van der Waals surface area contributed by atoms with Gasteiger partial charge in [-0.05, 0) is 41.4 Å². The Kier molecular flexibility index (Phi) is 3.71. The fraction of sp³-hybridized carbons (Fsp3) is 0.167. The lowest BCUT2D eigenvalue weighted by Crippen LogP contribution is -2.16. The molecule has 2 heterocycles. The van der Waals surface area contributed by atoms with E-state index in [-0.39, 0.29) is 6.04 Å². The molecule has 0 aliphatic heterocycles. The molecule has 0 aliphatic rings. The smallest absolute Gasteiger partial charge is 0.124 e. The summed E-state index contributed by atoms with van der Waals surface area (Å²) in [5.74, 6) is 0. The van der Waals surface area contributed by atoms with Gasteiger partial charge in [-0.2, -0.15) is 11.3 Å². The van der Waals surface area contributed by atoms with E-state index in [1.165, 1.54) is 5.56 Å². The van der Waals surface area contributed by atoms with Crippen molar-refractivity contribution in [3.8, 4) is 0 Å². The van der Waals surface area contributed by atoms with Crippen molar-refractivity contribution in [3.05, 3.63) is 46.4 Å². The van der Waals surface area contributed by atoms with Crippen LogP contribution in [0, 0.1) is 0 Å². The number of thiophene rings is 1. The maximum Gasteiger partial charge on any atom is 0.124 e. The standard InChI is InChI=1S/C12H13N3S2/c1-8(9-4-6-17-7-9)15-10-3-2-5-14-11(10)12(13)16/h2-8,15H,1H3,(H2,13,16). The largest absolute Gasteiger partial charge is 0.388 e. The van der Waals surface area contributed by atoms with Crippen molar-refractivity contribution in [2.45, 2.75) is 13.0 Å². The second-order valence-corrected chi connectivity index (χ2v) is 4.91. The van der Waals surface area contributed by atoms with Gasteiger partial charge in [-0.3, -0.25) is 4.98 Å². The summed E-state index contributed by atoms with van der Waals surface area (Å²) in [6, 6.07) is 6.10. The Hall–Kier alpha value is -1.46. The number of anilines is 1.